The molecule has 1 aliphatic heterocycles. The van der Waals surface area contributed by atoms with Crippen LogP contribution in [0.3, 0.4) is 0 Å². The van der Waals surface area contributed by atoms with E-state index in [0.29, 0.717) is 64.9 Å². The fraction of sp³-hybridized carbons (Fsp3) is 0.233. The molecule has 0 bridgehead atoms. The molecule has 1 aliphatic rings. The lowest BCUT2D eigenvalue weighted by Gasteiger charge is -2.30. The van der Waals surface area contributed by atoms with Gasteiger partial charge in [-0.15, -0.1) is 0 Å². The number of amides is 1. The molecule has 1 amide bonds. The fourth-order valence-corrected chi connectivity index (χ4v) is 4.38. The molecule has 4 aromatic rings. The molecule has 1 aromatic heterocycles. The van der Waals surface area contributed by atoms with E-state index in [1.165, 1.54) is 12.4 Å². The van der Waals surface area contributed by atoms with E-state index in [-0.39, 0.29) is 12.5 Å². The highest BCUT2D eigenvalue weighted by molar-refractivity contribution is 6.07. The van der Waals surface area contributed by atoms with Crippen molar-refractivity contribution in [2.75, 3.05) is 44.0 Å². The number of hydrogen-bond donors (Lipinski definition) is 1. The van der Waals surface area contributed by atoms with Gasteiger partial charge in [-0.1, -0.05) is 18.2 Å². The number of ether oxygens (including phenoxy) is 2. The van der Waals surface area contributed by atoms with Gasteiger partial charge in [0.05, 0.1) is 28.7 Å². The summed E-state index contributed by atoms with van der Waals surface area (Å²) in [5.41, 5.74) is 1.69. The predicted molar refractivity (Wildman–Crippen MR) is 151 cm³/mol. The standard InChI is InChI=1S/C30H28F3N5O3/c1-37(2)14-4-7-26(39)38-15-16-40-28-25(38)13-12-24-27(28)29(35-19-34-24)36-22-8-10-23(11-9-22)41-18-20-5-3-6-21(17-20)30(31,32)33/h3-13,17,19H,14-16,18H2,1-2H3,(H,34,35,36)/b7-4+. The summed E-state index contributed by atoms with van der Waals surface area (Å²) in [5, 5.41) is 3.92. The van der Waals surface area contributed by atoms with E-state index in [9.17, 15) is 18.0 Å². The van der Waals surface area contributed by atoms with Crippen molar-refractivity contribution in [2.45, 2.75) is 12.8 Å². The summed E-state index contributed by atoms with van der Waals surface area (Å²) in [4.78, 5) is 25.4. The number of nitrogens with zero attached hydrogens (tertiary/aromatic N) is 4. The molecule has 0 radical (unpaired) electrons. The number of carbonyl (C=O) groups is 1. The molecule has 0 saturated heterocycles. The van der Waals surface area contributed by atoms with Crippen LogP contribution in [0.5, 0.6) is 11.5 Å². The average molecular weight is 564 g/mol. The van der Waals surface area contributed by atoms with E-state index in [1.54, 1.807) is 41.3 Å². The Hall–Kier alpha value is -4.64. The molecule has 212 valence electrons. The van der Waals surface area contributed by atoms with Crippen molar-refractivity contribution in [3.8, 4) is 11.5 Å². The second kappa shape index (κ2) is 11.8. The monoisotopic (exact) mass is 563 g/mol. The van der Waals surface area contributed by atoms with Crippen LogP contribution in [0.25, 0.3) is 10.9 Å². The van der Waals surface area contributed by atoms with Crippen molar-refractivity contribution in [1.82, 2.24) is 14.9 Å². The van der Waals surface area contributed by atoms with Gasteiger partial charge in [0.2, 0.25) is 0 Å². The van der Waals surface area contributed by atoms with Gasteiger partial charge in [-0.05, 0) is 68.2 Å². The number of likely N-dealkylation sites (N-methyl/N-ethyl adjacent to an activating group) is 1. The summed E-state index contributed by atoms with van der Waals surface area (Å²) < 4.78 is 50.7. The van der Waals surface area contributed by atoms with Crippen molar-refractivity contribution in [1.29, 1.82) is 0 Å². The number of hydrogen-bond acceptors (Lipinski definition) is 7. The van der Waals surface area contributed by atoms with Gasteiger partial charge in [0.15, 0.2) is 5.75 Å². The zero-order valence-corrected chi connectivity index (χ0v) is 22.5. The summed E-state index contributed by atoms with van der Waals surface area (Å²) in [6, 6.07) is 15.7. The Morgan fingerprint density at radius 1 is 1.12 bits per heavy atom. The van der Waals surface area contributed by atoms with Crippen LogP contribution in [0.2, 0.25) is 0 Å². The molecule has 8 nitrogen and oxygen atoms in total. The third-order valence-electron chi connectivity index (χ3n) is 6.36. The van der Waals surface area contributed by atoms with Gasteiger partial charge in [-0.3, -0.25) is 4.79 Å². The first-order valence-electron chi connectivity index (χ1n) is 12.9. The van der Waals surface area contributed by atoms with Crippen molar-refractivity contribution in [2.24, 2.45) is 0 Å². The molecular formula is C30H28F3N5O3. The molecule has 0 aliphatic carbocycles. The highest BCUT2D eigenvalue weighted by atomic mass is 19.4. The van der Waals surface area contributed by atoms with E-state index in [2.05, 4.69) is 15.3 Å². The summed E-state index contributed by atoms with van der Waals surface area (Å²) in [6.07, 6.45) is 0.424. The highest BCUT2D eigenvalue weighted by Crippen LogP contribution is 2.41. The number of carbonyl (C=O) groups excluding carboxylic acids is 1. The molecule has 41 heavy (non-hydrogen) atoms. The van der Waals surface area contributed by atoms with E-state index in [0.717, 1.165) is 12.1 Å². The van der Waals surface area contributed by atoms with Crippen LogP contribution in [0.1, 0.15) is 11.1 Å². The number of fused-ring (bicyclic) bond motifs is 3. The minimum atomic E-state index is -4.41. The number of nitrogens with one attached hydrogen (secondary N) is 1. The minimum Gasteiger partial charge on any atom is -0.489 e. The molecular weight excluding hydrogens is 535 g/mol. The zero-order valence-electron chi connectivity index (χ0n) is 22.5. The first-order valence-corrected chi connectivity index (χ1v) is 12.9. The molecule has 0 fully saturated rings. The number of aromatic nitrogens is 2. The molecule has 0 saturated carbocycles. The number of alkyl halides is 3. The lowest BCUT2D eigenvalue weighted by atomic mass is 10.1. The second-order valence-electron chi connectivity index (χ2n) is 9.67. The molecule has 0 atom stereocenters. The number of rotatable bonds is 8. The van der Waals surface area contributed by atoms with Crippen LogP contribution < -0.4 is 19.7 Å². The summed E-state index contributed by atoms with van der Waals surface area (Å²) in [7, 11) is 3.86. The SMILES string of the molecule is CN(C)C/C=C/C(=O)N1CCOc2c1ccc1ncnc(Nc3ccc(OCc4cccc(C(F)(F)F)c4)cc3)c21. The molecule has 1 N–H and O–H groups in total. The third kappa shape index (κ3) is 6.58. The van der Waals surface area contributed by atoms with E-state index in [4.69, 9.17) is 9.47 Å². The van der Waals surface area contributed by atoms with Gasteiger partial charge in [0.1, 0.15) is 31.1 Å². The first-order chi connectivity index (χ1) is 19.7. The predicted octanol–water partition coefficient (Wildman–Crippen LogP) is 5.81. The highest BCUT2D eigenvalue weighted by Gasteiger charge is 2.30. The lowest BCUT2D eigenvalue weighted by molar-refractivity contribution is -0.137. The van der Waals surface area contributed by atoms with Crippen molar-refractivity contribution in [3.63, 3.8) is 0 Å². The molecule has 5 rings (SSSR count). The Morgan fingerprint density at radius 2 is 1.93 bits per heavy atom. The quantitative estimate of drug-likeness (QED) is 0.271. The molecule has 3 aromatic carbocycles. The maximum Gasteiger partial charge on any atom is 0.416 e. The van der Waals surface area contributed by atoms with Gasteiger partial charge >= 0.3 is 6.18 Å². The Morgan fingerprint density at radius 3 is 2.68 bits per heavy atom. The topological polar surface area (TPSA) is 79.8 Å². The largest absolute Gasteiger partial charge is 0.489 e. The van der Waals surface area contributed by atoms with Crippen LogP contribution in [-0.2, 0) is 17.6 Å². The summed E-state index contributed by atoms with van der Waals surface area (Å²) in [5.74, 6) is 1.38. The number of halogens is 3. The minimum absolute atomic E-state index is 0.00370. The molecule has 2 heterocycles. The van der Waals surface area contributed by atoms with Crippen molar-refractivity contribution < 1.29 is 27.4 Å². The van der Waals surface area contributed by atoms with Gasteiger partial charge in [0.25, 0.3) is 5.91 Å². The fourth-order valence-electron chi connectivity index (χ4n) is 4.38. The normalized spacial score (nSPS) is 13.4. The van der Waals surface area contributed by atoms with Gasteiger partial charge in [-0.25, -0.2) is 9.97 Å². The van der Waals surface area contributed by atoms with Crippen LogP contribution in [0.4, 0.5) is 30.4 Å². The summed E-state index contributed by atoms with van der Waals surface area (Å²) in [6.45, 7) is 1.39. The maximum atomic E-state index is 13.0. The van der Waals surface area contributed by atoms with Crippen LogP contribution in [-0.4, -0.2) is 54.6 Å². The zero-order chi connectivity index (χ0) is 29.0. The Kier molecular flexibility index (Phi) is 8.06. The Bertz CT molecular complexity index is 1570. The number of anilines is 3. The van der Waals surface area contributed by atoms with Gasteiger partial charge in [0, 0.05) is 18.3 Å². The van der Waals surface area contributed by atoms with Gasteiger partial charge in [-0.2, -0.15) is 13.2 Å². The Balaban J connectivity index is 1.33. The lowest BCUT2D eigenvalue weighted by Crippen LogP contribution is -2.37. The third-order valence-corrected chi connectivity index (χ3v) is 6.36. The molecule has 0 unspecified atom stereocenters. The summed E-state index contributed by atoms with van der Waals surface area (Å²) >= 11 is 0. The van der Waals surface area contributed by atoms with Crippen molar-refractivity contribution in [3.05, 3.63) is 90.3 Å². The smallest absolute Gasteiger partial charge is 0.416 e. The van der Waals surface area contributed by atoms with Crippen molar-refractivity contribution >= 4 is 34.0 Å². The maximum absolute atomic E-state index is 13.0. The number of benzene rings is 3. The van der Waals surface area contributed by atoms with E-state index >= 15 is 0 Å². The van der Waals surface area contributed by atoms with Crippen LogP contribution >= 0.6 is 0 Å². The Labute approximate surface area is 235 Å². The second-order valence-corrected chi connectivity index (χ2v) is 9.67. The first kappa shape index (κ1) is 27.9. The van der Waals surface area contributed by atoms with E-state index < -0.39 is 11.7 Å². The average Bonchev–Trinajstić information content (AvgIpc) is 2.96. The van der Waals surface area contributed by atoms with Gasteiger partial charge < -0.3 is 24.6 Å². The molecule has 0 spiro atoms. The van der Waals surface area contributed by atoms with Crippen LogP contribution in [0, 0.1) is 0 Å². The van der Waals surface area contributed by atoms with E-state index in [1.807, 2.05) is 37.2 Å². The molecule has 11 heteroatoms. The van der Waals surface area contributed by atoms with Crippen LogP contribution in [0.15, 0.2) is 79.1 Å².